The standard InChI is InChI=1S/C21H22N4O5/c1-3-11-23-19(28)24(12-4-2)21(30)25(20(23)29)14-17(26)15-7-9-16(10-8-15)22-13-5-6-18(22)27/h3-4,7-10H,1-2,5-6,11-14H2. The SMILES string of the molecule is C=CCn1c(=O)n(CC=C)c(=O)n(CC(=O)c2ccc(N3CCCC3=O)cc2)c1=O. The minimum absolute atomic E-state index is 0.0351. The number of amides is 1. The zero-order valence-electron chi connectivity index (χ0n) is 16.5. The third-order valence-corrected chi connectivity index (χ3v) is 4.88. The highest BCUT2D eigenvalue weighted by molar-refractivity contribution is 5.98. The fourth-order valence-corrected chi connectivity index (χ4v) is 3.37. The van der Waals surface area contributed by atoms with E-state index in [1.165, 1.54) is 12.2 Å². The van der Waals surface area contributed by atoms with Crippen molar-refractivity contribution in [1.82, 2.24) is 13.7 Å². The van der Waals surface area contributed by atoms with Crippen LogP contribution >= 0.6 is 0 Å². The number of ketones is 1. The highest BCUT2D eigenvalue weighted by Crippen LogP contribution is 2.21. The zero-order chi connectivity index (χ0) is 21.8. The van der Waals surface area contributed by atoms with Gasteiger partial charge in [0, 0.05) is 24.2 Å². The van der Waals surface area contributed by atoms with Crippen LogP contribution in [0.4, 0.5) is 5.69 Å². The molecule has 1 aromatic heterocycles. The number of rotatable bonds is 8. The molecule has 2 heterocycles. The number of allylic oxidation sites excluding steroid dienone is 2. The maximum absolute atomic E-state index is 12.7. The molecule has 1 saturated heterocycles. The first-order chi connectivity index (χ1) is 14.4. The topological polar surface area (TPSA) is 103 Å². The molecule has 156 valence electrons. The molecule has 0 atom stereocenters. The lowest BCUT2D eigenvalue weighted by Crippen LogP contribution is -2.55. The van der Waals surface area contributed by atoms with Crippen LogP contribution in [0.25, 0.3) is 0 Å². The fourth-order valence-electron chi connectivity index (χ4n) is 3.37. The van der Waals surface area contributed by atoms with E-state index in [0.717, 1.165) is 20.1 Å². The summed E-state index contributed by atoms with van der Waals surface area (Å²) in [7, 11) is 0. The molecule has 0 radical (unpaired) electrons. The van der Waals surface area contributed by atoms with Gasteiger partial charge in [-0.15, -0.1) is 13.2 Å². The Labute approximate surface area is 171 Å². The molecule has 0 unspecified atom stereocenters. The van der Waals surface area contributed by atoms with E-state index < -0.39 is 29.4 Å². The van der Waals surface area contributed by atoms with Crippen molar-refractivity contribution in [2.45, 2.75) is 32.5 Å². The van der Waals surface area contributed by atoms with Crippen molar-refractivity contribution in [2.75, 3.05) is 11.4 Å². The Morgan fingerprint density at radius 1 is 0.867 bits per heavy atom. The monoisotopic (exact) mass is 410 g/mol. The lowest BCUT2D eigenvalue weighted by Gasteiger charge is -2.16. The number of benzene rings is 1. The van der Waals surface area contributed by atoms with Crippen LogP contribution in [-0.4, -0.2) is 31.9 Å². The summed E-state index contributed by atoms with van der Waals surface area (Å²) in [5.74, 6) is -0.435. The summed E-state index contributed by atoms with van der Waals surface area (Å²) >= 11 is 0. The predicted octanol–water partition coefficient (Wildman–Crippen LogP) is 0.553. The van der Waals surface area contributed by atoms with E-state index in [0.29, 0.717) is 18.7 Å². The Bertz CT molecular complexity index is 1140. The molecular weight excluding hydrogens is 388 g/mol. The van der Waals surface area contributed by atoms with Crippen molar-refractivity contribution < 1.29 is 9.59 Å². The average Bonchev–Trinajstić information content (AvgIpc) is 3.17. The van der Waals surface area contributed by atoms with E-state index in [1.54, 1.807) is 29.2 Å². The van der Waals surface area contributed by atoms with Gasteiger partial charge in [0.1, 0.15) is 0 Å². The van der Waals surface area contributed by atoms with Gasteiger partial charge in [0.15, 0.2) is 5.78 Å². The molecule has 30 heavy (non-hydrogen) atoms. The lowest BCUT2D eigenvalue weighted by atomic mass is 10.1. The lowest BCUT2D eigenvalue weighted by molar-refractivity contribution is -0.117. The average molecular weight is 410 g/mol. The van der Waals surface area contributed by atoms with Crippen molar-refractivity contribution in [2.24, 2.45) is 0 Å². The van der Waals surface area contributed by atoms with Crippen LogP contribution in [0.3, 0.4) is 0 Å². The van der Waals surface area contributed by atoms with Crippen LogP contribution < -0.4 is 22.0 Å². The Morgan fingerprint density at radius 2 is 1.40 bits per heavy atom. The number of aromatic nitrogens is 3. The summed E-state index contributed by atoms with van der Waals surface area (Å²) in [6, 6.07) is 6.42. The van der Waals surface area contributed by atoms with Crippen LogP contribution in [0, 0.1) is 0 Å². The largest absolute Gasteiger partial charge is 0.337 e. The molecule has 3 rings (SSSR count). The third-order valence-electron chi connectivity index (χ3n) is 4.88. The Balaban J connectivity index is 1.94. The van der Waals surface area contributed by atoms with Gasteiger partial charge >= 0.3 is 17.1 Å². The Morgan fingerprint density at radius 3 is 1.87 bits per heavy atom. The molecule has 0 aliphatic carbocycles. The predicted molar refractivity (Wildman–Crippen MR) is 112 cm³/mol. The second-order valence-electron chi connectivity index (χ2n) is 6.85. The van der Waals surface area contributed by atoms with Gasteiger partial charge in [0.25, 0.3) is 0 Å². The van der Waals surface area contributed by atoms with Crippen LogP contribution in [-0.2, 0) is 24.4 Å². The molecule has 1 fully saturated rings. The van der Waals surface area contributed by atoms with Crippen molar-refractivity contribution in [3.05, 3.63) is 86.6 Å². The number of nitrogens with zero attached hydrogens (tertiary/aromatic N) is 4. The Hall–Kier alpha value is -3.75. The summed E-state index contributed by atoms with van der Waals surface area (Å²) in [6.07, 6.45) is 4.01. The molecule has 0 spiro atoms. The highest BCUT2D eigenvalue weighted by Gasteiger charge is 2.22. The van der Waals surface area contributed by atoms with E-state index in [9.17, 15) is 24.0 Å². The van der Waals surface area contributed by atoms with Crippen LogP contribution in [0.2, 0.25) is 0 Å². The summed E-state index contributed by atoms with van der Waals surface area (Å²) in [5.41, 5.74) is -1.56. The van der Waals surface area contributed by atoms with Gasteiger partial charge in [-0.2, -0.15) is 0 Å². The number of anilines is 1. The molecule has 1 aromatic carbocycles. The van der Waals surface area contributed by atoms with Gasteiger partial charge in [-0.25, -0.2) is 28.1 Å². The molecule has 9 nitrogen and oxygen atoms in total. The maximum Gasteiger partial charge on any atom is 0.337 e. The number of hydrogen-bond acceptors (Lipinski definition) is 5. The van der Waals surface area contributed by atoms with Crippen LogP contribution in [0.15, 0.2) is 64.0 Å². The van der Waals surface area contributed by atoms with Crippen molar-refractivity contribution >= 4 is 17.4 Å². The van der Waals surface area contributed by atoms with Gasteiger partial charge in [-0.05, 0) is 30.7 Å². The van der Waals surface area contributed by atoms with Gasteiger partial charge in [0.2, 0.25) is 5.91 Å². The van der Waals surface area contributed by atoms with Gasteiger partial charge in [-0.1, -0.05) is 12.2 Å². The highest BCUT2D eigenvalue weighted by atomic mass is 16.2. The first-order valence-corrected chi connectivity index (χ1v) is 9.49. The number of Topliss-reactive ketones (excluding diaryl/α,β-unsaturated/α-hetero) is 1. The van der Waals surface area contributed by atoms with Crippen molar-refractivity contribution in [1.29, 1.82) is 0 Å². The number of carbonyl (C=O) groups is 2. The van der Waals surface area contributed by atoms with Gasteiger partial charge in [-0.3, -0.25) is 9.59 Å². The van der Waals surface area contributed by atoms with E-state index >= 15 is 0 Å². The fraction of sp³-hybridized carbons (Fsp3) is 0.286. The second-order valence-corrected chi connectivity index (χ2v) is 6.85. The van der Waals surface area contributed by atoms with Crippen LogP contribution in [0.5, 0.6) is 0 Å². The summed E-state index contributed by atoms with van der Waals surface area (Å²) in [6.45, 7) is 6.94. The van der Waals surface area contributed by atoms with E-state index in [-0.39, 0.29) is 24.6 Å². The van der Waals surface area contributed by atoms with E-state index in [2.05, 4.69) is 13.2 Å². The first-order valence-electron chi connectivity index (χ1n) is 9.49. The minimum Gasteiger partial charge on any atom is -0.312 e. The molecule has 0 N–H and O–H groups in total. The van der Waals surface area contributed by atoms with Crippen LogP contribution in [0.1, 0.15) is 23.2 Å². The minimum atomic E-state index is -0.877. The molecule has 9 heteroatoms. The molecule has 1 aliphatic rings. The summed E-state index contributed by atoms with van der Waals surface area (Å²) in [4.78, 5) is 63.9. The van der Waals surface area contributed by atoms with Gasteiger partial charge < -0.3 is 4.90 Å². The van der Waals surface area contributed by atoms with Crippen molar-refractivity contribution in [3.8, 4) is 0 Å². The molecule has 0 saturated carbocycles. The summed E-state index contributed by atoms with van der Waals surface area (Å²) < 4.78 is 2.41. The normalized spacial score (nSPS) is 13.5. The maximum atomic E-state index is 12.7. The molecule has 2 aromatic rings. The Kier molecular flexibility index (Phi) is 6.10. The van der Waals surface area contributed by atoms with E-state index in [1.807, 2.05) is 0 Å². The molecular formula is C21H22N4O5. The zero-order valence-corrected chi connectivity index (χ0v) is 16.5. The summed E-state index contributed by atoms with van der Waals surface area (Å²) in [5, 5.41) is 0. The molecule has 1 aliphatic heterocycles. The van der Waals surface area contributed by atoms with Gasteiger partial charge in [0.05, 0.1) is 19.6 Å². The number of hydrogen-bond donors (Lipinski definition) is 0. The third kappa shape index (κ3) is 3.86. The quantitative estimate of drug-likeness (QED) is 0.467. The first kappa shape index (κ1) is 21.0. The smallest absolute Gasteiger partial charge is 0.312 e. The molecule has 0 bridgehead atoms. The van der Waals surface area contributed by atoms with E-state index in [4.69, 9.17) is 0 Å². The number of carbonyl (C=O) groups excluding carboxylic acids is 2. The van der Waals surface area contributed by atoms with Crippen molar-refractivity contribution in [3.63, 3.8) is 0 Å². The second kappa shape index (κ2) is 8.73. The molecule has 1 amide bonds.